The maximum Gasteiger partial charge on any atom is 0.227 e. The molecule has 1 aromatic carbocycles. The number of halogens is 1. The summed E-state index contributed by atoms with van der Waals surface area (Å²) in [5.41, 5.74) is 3.10. The molecule has 0 aliphatic carbocycles. The average molecular weight is 250 g/mol. The van der Waals surface area contributed by atoms with Crippen LogP contribution in [0.2, 0.25) is 5.02 Å². The van der Waals surface area contributed by atoms with Crippen molar-refractivity contribution in [1.82, 2.24) is 0 Å². The first-order valence-electron chi connectivity index (χ1n) is 5.72. The smallest absolute Gasteiger partial charge is 0.227 e. The van der Waals surface area contributed by atoms with E-state index < -0.39 is 0 Å². The number of carbonyl (C=O) groups is 1. The van der Waals surface area contributed by atoms with Crippen LogP contribution in [0.4, 0.5) is 5.69 Å². The van der Waals surface area contributed by atoms with Gasteiger partial charge < -0.3 is 4.90 Å². The Balaban J connectivity index is 2.41. The minimum absolute atomic E-state index is 0.170. The Labute approximate surface area is 107 Å². The second kappa shape index (κ2) is 4.53. The van der Waals surface area contributed by atoms with Crippen molar-refractivity contribution in [3.8, 4) is 0 Å². The molecule has 0 aromatic heterocycles. The molecule has 0 bridgehead atoms. The quantitative estimate of drug-likeness (QED) is 0.735. The monoisotopic (exact) mass is 249 g/mol. The zero-order valence-electron chi connectivity index (χ0n) is 10.2. The van der Waals surface area contributed by atoms with Crippen molar-refractivity contribution in [2.75, 3.05) is 11.4 Å². The predicted octanol–water partition coefficient (Wildman–Crippen LogP) is 3.50. The Morgan fingerprint density at radius 1 is 1.41 bits per heavy atom. The Kier molecular flexibility index (Phi) is 3.25. The molecule has 2 rings (SSSR count). The van der Waals surface area contributed by atoms with Crippen molar-refractivity contribution >= 4 is 23.2 Å². The van der Waals surface area contributed by atoms with Gasteiger partial charge in [0.05, 0.1) is 0 Å². The van der Waals surface area contributed by atoms with Gasteiger partial charge in [0.1, 0.15) is 0 Å². The third-order valence-electron chi connectivity index (χ3n) is 3.21. The maximum atomic E-state index is 12.0. The number of aryl methyl sites for hydroxylation is 2. The van der Waals surface area contributed by atoms with Gasteiger partial charge in [-0.2, -0.15) is 0 Å². The van der Waals surface area contributed by atoms with Crippen molar-refractivity contribution in [2.45, 2.75) is 20.3 Å². The first-order valence-corrected chi connectivity index (χ1v) is 6.10. The van der Waals surface area contributed by atoms with Crippen LogP contribution in [0.25, 0.3) is 0 Å². The van der Waals surface area contributed by atoms with E-state index in [1.807, 2.05) is 37.0 Å². The lowest BCUT2D eigenvalue weighted by atomic mass is 10.1. The molecule has 1 saturated heterocycles. The van der Waals surface area contributed by atoms with E-state index in [1.54, 1.807) is 0 Å². The van der Waals surface area contributed by atoms with Crippen LogP contribution in [-0.4, -0.2) is 12.5 Å². The SMILES string of the molecule is C=CC1CC(=O)N(c2c(C)cc(Cl)cc2C)C1. The molecule has 2 nitrogen and oxygen atoms in total. The van der Waals surface area contributed by atoms with Gasteiger partial charge in [0.15, 0.2) is 0 Å². The van der Waals surface area contributed by atoms with Gasteiger partial charge in [-0.25, -0.2) is 0 Å². The standard InChI is InChI=1S/C14H16ClNO/c1-4-11-7-13(17)16(8-11)14-9(2)5-12(15)6-10(14)3/h4-6,11H,1,7-8H2,2-3H3. The normalized spacial score (nSPS) is 19.8. The summed E-state index contributed by atoms with van der Waals surface area (Å²) in [6.45, 7) is 8.47. The fourth-order valence-corrected chi connectivity index (χ4v) is 2.77. The molecular weight excluding hydrogens is 234 g/mol. The number of hydrogen-bond acceptors (Lipinski definition) is 1. The number of benzene rings is 1. The average Bonchev–Trinajstić information content (AvgIpc) is 2.59. The van der Waals surface area contributed by atoms with Crippen LogP contribution in [0.3, 0.4) is 0 Å². The lowest BCUT2D eigenvalue weighted by Gasteiger charge is -2.21. The van der Waals surface area contributed by atoms with Crippen LogP contribution < -0.4 is 4.90 Å². The van der Waals surface area contributed by atoms with Gasteiger partial charge in [-0.05, 0) is 37.1 Å². The van der Waals surface area contributed by atoms with E-state index in [2.05, 4.69) is 6.58 Å². The summed E-state index contributed by atoms with van der Waals surface area (Å²) in [7, 11) is 0. The Hall–Kier alpha value is -1.28. The van der Waals surface area contributed by atoms with Crippen molar-refractivity contribution in [2.24, 2.45) is 5.92 Å². The van der Waals surface area contributed by atoms with Crippen LogP contribution in [0.15, 0.2) is 24.8 Å². The Morgan fingerprint density at radius 2 is 2.00 bits per heavy atom. The number of nitrogens with zero attached hydrogens (tertiary/aromatic N) is 1. The van der Waals surface area contributed by atoms with Gasteiger partial charge in [-0.3, -0.25) is 4.79 Å². The molecule has 0 N–H and O–H groups in total. The highest BCUT2D eigenvalue weighted by atomic mass is 35.5. The fourth-order valence-electron chi connectivity index (χ4n) is 2.44. The van der Waals surface area contributed by atoms with Crippen LogP contribution in [0.5, 0.6) is 0 Å². The maximum absolute atomic E-state index is 12.0. The number of amides is 1. The molecule has 0 spiro atoms. The number of hydrogen-bond donors (Lipinski definition) is 0. The van der Waals surface area contributed by atoms with Crippen LogP contribution >= 0.6 is 11.6 Å². The van der Waals surface area contributed by atoms with Crippen molar-refractivity contribution < 1.29 is 4.79 Å². The predicted molar refractivity (Wildman–Crippen MR) is 71.6 cm³/mol. The van der Waals surface area contributed by atoms with E-state index in [9.17, 15) is 4.79 Å². The lowest BCUT2D eigenvalue weighted by Crippen LogP contribution is -2.26. The number of anilines is 1. The highest BCUT2D eigenvalue weighted by Gasteiger charge is 2.30. The van der Waals surface area contributed by atoms with E-state index in [0.717, 1.165) is 28.4 Å². The third kappa shape index (κ3) is 2.22. The third-order valence-corrected chi connectivity index (χ3v) is 3.43. The van der Waals surface area contributed by atoms with Gasteiger partial charge in [0, 0.05) is 29.6 Å². The van der Waals surface area contributed by atoms with Gasteiger partial charge in [0.25, 0.3) is 0 Å². The van der Waals surface area contributed by atoms with E-state index in [1.165, 1.54) is 0 Å². The molecule has 0 saturated carbocycles. The zero-order chi connectivity index (χ0) is 12.6. The van der Waals surface area contributed by atoms with Crippen molar-refractivity contribution in [3.63, 3.8) is 0 Å². The first kappa shape index (κ1) is 12.2. The highest BCUT2D eigenvalue weighted by Crippen LogP contribution is 2.33. The second-order valence-corrected chi connectivity index (χ2v) is 5.03. The summed E-state index contributed by atoms with van der Waals surface area (Å²) in [6.07, 6.45) is 2.42. The van der Waals surface area contributed by atoms with Gasteiger partial charge in [-0.15, -0.1) is 6.58 Å². The summed E-state index contributed by atoms with van der Waals surface area (Å²) in [6, 6.07) is 3.80. The first-order chi connectivity index (χ1) is 8.02. The Bertz CT molecular complexity index is 458. The van der Waals surface area contributed by atoms with Gasteiger partial charge in [0.2, 0.25) is 5.91 Å². The van der Waals surface area contributed by atoms with E-state index in [4.69, 9.17) is 11.6 Å². The van der Waals surface area contributed by atoms with E-state index >= 15 is 0 Å². The second-order valence-electron chi connectivity index (χ2n) is 4.59. The molecule has 1 aliphatic rings. The molecule has 17 heavy (non-hydrogen) atoms. The molecule has 1 aliphatic heterocycles. The largest absolute Gasteiger partial charge is 0.311 e. The topological polar surface area (TPSA) is 20.3 Å². The zero-order valence-corrected chi connectivity index (χ0v) is 10.9. The molecule has 0 radical (unpaired) electrons. The molecule has 3 heteroatoms. The fraction of sp³-hybridized carbons (Fsp3) is 0.357. The molecular formula is C14H16ClNO. The van der Waals surface area contributed by atoms with Crippen LogP contribution in [0.1, 0.15) is 17.5 Å². The Morgan fingerprint density at radius 3 is 2.47 bits per heavy atom. The molecule has 1 fully saturated rings. The summed E-state index contributed by atoms with van der Waals surface area (Å²) in [5, 5.41) is 0.718. The molecule has 1 amide bonds. The minimum atomic E-state index is 0.170. The number of rotatable bonds is 2. The molecule has 90 valence electrons. The molecule has 1 atom stereocenters. The van der Waals surface area contributed by atoms with Crippen molar-refractivity contribution in [3.05, 3.63) is 40.9 Å². The highest BCUT2D eigenvalue weighted by molar-refractivity contribution is 6.30. The summed E-state index contributed by atoms with van der Waals surface area (Å²) < 4.78 is 0. The van der Waals surface area contributed by atoms with Crippen LogP contribution in [-0.2, 0) is 4.79 Å². The summed E-state index contributed by atoms with van der Waals surface area (Å²) in [4.78, 5) is 13.8. The summed E-state index contributed by atoms with van der Waals surface area (Å²) >= 11 is 6.00. The van der Waals surface area contributed by atoms with Gasteiger partial charge >= 0.3 is 0 Å². The molecule has 1 heterocycles. The van der Waals surface area contributed by atoms with E-state index in [0.29, 0.717) is 6.42 Å². The van der Waals surface area contributed by atoms with E-state index in [-0.39, 0.29) is 11.8 Å². The van der Waals surface area contributed by atoms with Crippen molar-refractivity contribution in [1.29, 1.82) is 0 Å². The lowest BCUT2D eigenvalue weighted by molar-refractivity contribution is -0.117. The van der Waals surface area contributed by atoms with Crippen LogP contribution in [0, 0.1) is 19.8 Å². The molecule has 1 aromatic rings. The van der Waals surface area contributed by atoms with Gasteiger partial charge in [-0.1, -0.05) is 17.7 Å². The number of carbonyl (C=O) groups excluding carboxylic acids is 1. The minimum Gasteiger partial charge on any atom is -0.311 e. The summed E-state index contributed by atoms with van der Waals surface area (Å²) in [5.74, 6) is 0.431. The molecule has 1 unspecified atom stereocenters.